The maximum atomic E-state index is 13.7. The van der Waals surface area contributed by atoms with E-state index in [2.05, 4.69) is 15.6 Å². The summed E-state index contributed by atoms with van der Waals surface area (Å²) in [6, 6.07) is 11.7. The summed E-state index contributed by atoms with van der Waals surface area (Å²) in [7, 11) is 0. The molecule has 0 fully saturated rings. The third kappa shape index (κ3) is 4.86. The number of carbonyl (C=O) groups is 3. The Morgan fingerprint density at radius 1 is 0.828 bits per heavy atom. The summed E-state index contributed by atoms with van der Waals surface area (Å²) >= 11 is 0. The van der Waals surface area contributed by atoms with Crippen molar-refractivity contribution in [2.75, 3.05) is 10.6 Å². The molecule has 0 spiro atoms. The largest absolute Gasteiger partial charge is 0.321 e. The summed E-state index contributed by atoms with van der Waals surface area (Å²) in [4.78, 5) is 39.9. The van der Waals surface area contributed by atoms with Crippen LogP contribution < -0.4 is 10.6 Å². The molecule has 0 bridgehead atoms. The molecule has 0 radical (unpaired) electrons. The van der Waals surface area contributed by atoms with Gasteiger partial charge in [-0.05, 0) is 55.5 Å². The van der Waals surface area contributed by atoms with Crippen molar-refractivity contribution in [2.45, 2.75) is 6.92 Å². The van der Waals surface area contributed by atoms with Gasteiger partial charge >= 0.3 is 0 Å². The summed E-state index contributed by atoms with van der Waals surface area (Å²) < 4.78 is 26.7. The minimum absolute atomic E-state index is 0.0344. The molecule has 6 nitrogen and oxygen atoms in total. The SMILES string of the molecule is CC(=O)c1ccc(NC(=O)c2cc(C(=O)Nc3ccc(F)cc3F)ccn2)cc1. The van der Waals surface area contributed by atoms with E-state index in [4.69, 9.17) is 0 Å². The van der Waals surface area contributed by atoms with E-state index in [0.717, 1.165) is 12.1 Å². The van der Waals surface area contributed by atoms with Gasteiger partial charge < -0.3 is 10.6 Å². The van der Waals surface area contributed by atoms with E-state index in [1.54, 1.807) is 24.3 Å². The zero-order chi connectivity index (χ0) is 21.0. The van der Waals surface area contributed by atoms with Crippen LogP contribution in [-0.2, 0) is 0 Å². The average molecular weight is 395 g/mol. The van der Waals surface area contributed by atoms with Crippen molar-refractivity contribution in [2.24, 2.45) is 0 Å². The molecular weight excluding hydrogens is 380 g/mol. The van der Waals surface area contributed by atoms with Crippen LogP contribution in [0.5, 0.6) is 0 Å². The van der Waals surface area contributed by atoms with Crippen LogP contribution in [0.3, 0.4) is 0 Å². The first-order valence-corrected chi connectivity index (χ1v) is 8.48. The lowest BCUT2D eigenvalue weighted by Crippen LogP contribution is -2.17. The van der Waals surface area contributed by atoms with Gasteiger partial charge in [-0.1, -0.05) is 0 Å². The molecule has 1 aromatic heterocycles. The zero-order valence-corrected chi connectivity index (χ0v) is 15.2. The van der Waals surface area contributed by atoms with Crippen molar-refractivity contribution in [1.29, 1.82) is 0 Å². The second-order valence-corrected chi connectivity index (χ2v) is 6.10. The number of amides is 2. The third-order valence-corrected chi connectivity index (χ3v) is 3.98. The molecule has 8 heteroatoms. The lowest BCUT2D eigenvalue weighted by atomic mass is 10.1. The minimum Gasteiger partial charge on any atom is -0.321 e. The van der Waals surface area contributed by atoms with Gasteiger partial charge in [0.25, 0.3) is 11.8 Å². The van der Waals surface area contributed by atoms with Gasteiger partial charge in [-0.3, -0.25) is 19.4 Å². The molecule has 0 atom stereocenters. The predicted molar refractivity (Wildman–Crippen MR) is 103 cm³/mol. The standard InChI is InChI=1S/C21H15F2N3O3/c1-12(27)13-2-5-16(6-3-13)25-21(29)19-10-14(8-9-24-19)20(28)26-18-7-4-15(22)11-17(18)23/h2-11H,1H3,(H,25,29)(H,26,28). The topological polar surface area (TPSA) is 88.2 Å². The van der Waals surface area contributed by atoms with Gasteiger partial charge in [-0.25, -0.2) is 8.78 Å². The molecule has 0 aliphatic rings. The van der Waals surface area contributed by atoms with Crippen LogP contribution in [0.1, 0.15) is 38.1 Å². The summed E-state index contributed by atoms with van der Waals surface area (Å²) in [5, 5.41) is 4.92. The van der Waals surface area contributed by atoms with E-state index < -0.39 is 23.4 Å². The molecule has 0 aliphatic carbocycles. The van der Waals surface area contributed by atoms with E-state index in [1.165, 1.54) is 25.3 Å². The number of Topliss-reactive ketones (excluding diaryl/α,β-unsaturated/α-hetero) is 1. The number of anilines is 2. The van der Waals surface area contributed by atoms with Crippen molar-refractivity contribution < 1.29 is 23.2 Å². The molecule has 0 aliphatic heterocycles. The molecule has 2 amide bonds. The van der Waals surface area contributed by atoms with Gasteiger partial charge in [0, 0.05) is 29.1 Å². The molecule has 146 valence electrons. The molecule has 0 saturated carbocycles. The quantitative estimate of drug-likeness (QED) is 0.638. The number of pyridine rings is 1. The van der Waals surface area contributed by atoms with Crippen LogP contribution in [0.2, 0.25) is 0 Å². The van der Waals surface area contributed by atoms with Gasteiger partial charge in [0.15, 0.2) is 5.78 Å². The molecule has 1 heterocycles. The highest BCUT2D eigenvalue weighted by molar-refractivity contribution is 6.08. The number of hydrogen-bond acceptors (Lipinski definition) is 4. The lowest BCUT2D eigenvalue weighted by molar-refractivity contribution is 0.101. The molecular formula is C21H15F2N3O3. The summed E-state index contributed by atoms with van der Waals surface area (Å²) in [5.74, 6) is -3.03. The van der Waals surface area contributed by atoms with Gasteiger partial charge in [0.1, 0.15) is 17.3 Å². The normalized spacial score (nSPS) is 10.3. The zero-order valence-electron chi connectivity index (χ0n) is 15.2. The minimum atomic E-state index is -0.917. The number of hydrogen-bond donors (Lipinski definition) is 2. The first-order chi connectivity index (χ1) is 13.8. The fourth-order valence-corrected chi connectivity index (χ4v) is 2.46. The van der Waals surface area contributed by atoms with Gasteiger partial charge in [-0.2, -0.15) is 0 Å². The second kappa shape index (κ2) is 8.39. The van der Waals surface area contributed by atoms with Crippen molar-refractivity contribution in [1.82, 2.24) is 4.98 Å². The van der Waals surface area contributed by atoms with Crippen LogP contribution >= 0.6 is 0 Å². The van der Waals surface area contributed by atoms with E-state index in [-0.39, 0.29) is 22.7 Å². The number of nitrogens with zero attached hydrogens (tertiary/aromatic N) is 1. The lowest BCUT2D eigenvalue weighted by Gasteiger charge is -2.08. The fourth-order valence-electron chi connectivity index (χ4n) is 2.46. The van der Waals surface area contributed by atoms with Crippen LogP contribution in [0, 0.1) is 11.6 Å². The monoisotopic (exact) mass is 395 g/mol. The van der Waals surface area contributed by atoms with Crippen LogP contribution in [0.25, 0.3) is 0 Å². The van der Waals surface area contributed by atoms with E-state index >= 15 is 0 Å². The summed E-state index contributed by atoms with van der Waals surface area (Å²) in [6.45, 7) is 1.44. The van der Waals surface area contributed by atoms with E-state index in [9.17, 15) is 23.2 Å². The molecule has 3 aromatic rings. The molecule has 2 aromatic carbocycles. The summed E-state index contributed by atoms with van der Waals surface area (Å²) in [6.07, 6.45) is 1.27. The highest BCUT2D eigenvalue weighted by Gasteiger charge is 2.14. The molecule has 29 heavy (non-hydrogen) atoms. The Hall–Kier alpha value is -3.94. The number of ketones is 1. The van der Waals surface area contributed by atoms with Crippen molar-refractivity contribution in [3.8, 4) is 0 Å². The first kappa shape index (κ1) is 19.8. The molecule has 3 rings (SSSR count). The van der Waals surface area contributed by atoms with Gasteiger partial charge in [0.2, 0.25) is 0 Å². The molecule has 0 saturated heterocycles. The first-order valence-electron chi connectivity index (χ1n) is 8.48. The van der Waals surface area contributed by atoms with Crippen molar-refractivity contribution in [3.63, 3.8) is 0 Å². The fraction of sp³-hybridized carbons (Fsp3) is 0.0476. The van der Waals surface area contributed by atoms with Crippen LogP contribution in [0.4, 0.5) is 20.2 Å². The van der Waals surface area contributed by atoms with Gasteiger partial charge in [0.05, 0.1) is 5.69 Å². The highest BCUT2D eigenvalue weighted by Crippen LogP contribution is 2.17. The Labute approximate surface area is 164 Å². The van der Waals surface area contributed by atoms with Crippen molar-refractivity contribution >= 4 is 29.0 Å². The molecule has 0 unspecified atom stereocenters. The second-order valence-electron chi connectivity index (χ2n) is 6.10. The Morgan fingerprint density at radius 2 is 1.55 bits per heavy atom. The third-order valence-electron chi connectivity index (χ3n) is 3.98. The maximum absolute atomic E-state index is 13.7. The number of nitrogens with one attached hydrogen (secondary N) is 2. The summed E-state index contributed by atoms with van der Waals surface area (Å²) in [5.41, 5.74) is 0.802. The number of aromatic nitrogens is 1. The molecule has 2 N–H and O–H groups in total. The maximum Gasteiger partial charge on any atom is 0.274 e. The van der Waals surface area contributed by atoms with Gasteiger partial charge in [-0.15, -0.1) is 0 Å². The van der Waals surface area contributed by atoms with Crippen molar-refractivity contribution in [3.05, 3.63) is 89.2 Å². The van der Waals surface area contributed by atoms with Crippen LogP contribution in [-0.4, -0.2) is 22.6 Å². The highest BCUT2D eigenvalue weighted by atomic mass is 19.1. The smallest absolute Gasteiger partial charge is 0.274 e. The van der Waals surface area contributed by atoms with Crippen LogP contribution in [0.15, 0.2) is 60.8 Å². The van der Waals surface area contributed by atoms with E-state index in [1.807, 2.05) is 0 Å². The average Bonchev–Trinajstić information content (AvgIpc) is 2.70. The Kier molecular flexibility index (Phi) is 5.73. The predicted octanol–water partition coefficient (Wildman–Crippen LogP) is 4.07. The Bertz CT molecular complexity index is 1100. The number of halogens is 2. The number of benzene rings is 2. The number of carbonyl (C=O) groups excluding carboxylic acids is 3. The number of rotatable bonds is 5. The Balaban J connectivity index is 1.73. The van der Waals surface area contributed by atoms with E-state index in [0.29, 0.717) is 17.3 Å². The Morgan fingerprint density at radius 3 is 2.21 bits per heavy atom.